The minimum atomic E-state index is 0.867. The van der Waals surface area contributed by atoms with E-state index in [1.807, 2.05) is 0 Å². The molecule has 2 heteroatoms. The molecule has 0 radical (unpaired) electrons. The molecule has 0 aromatic carbocycles. The van der Waals surface area contributed by atoms with Crippen molar-refractivity contribution in [2.75, 3.05) is 26.3 Å². The van der Waals surface area contributed by atoms with Crippen molar-refractivity contribution in [3.8, 4) is 0 Å². The highest BCUT2D eigenvalue weighted by molar-refractivity contribution is 4.98. The summed E-state index contributed by atoms with van der Waals surface area (Å²) in [7, 11) is 0. The molecule has 0 spiro atoms. The van der Waals surface area contributed by atoms with E-state index in [2.05, 4.69) is 4.90 Å². The van der Waals surface area contributed by atoms with Gasteiger partial charge in [0.2, 0.25) is 0 Å². The molecule has 0 bridgehead atoms. The number of ether oxygens (including phenoxy) is 1. The number of fused-ring (bicyclic) bond motifs is 1. The molecule has 3 aliphatic rings. The smallest absolute Gasteiger partial charge is 0.0480 e. The molecule has 2 heterocycles. The van der Waals surface area contributed by atoms with Gasteiger partial charge in [0, 0.05) is 32.3 Å². The Labute approximate surface area is 73.9 Å². The van der Waals surface area contributed by atoms with Gasteiger partial charge in [0.25, 0.3) is 0 Å². The quantitative estimate of drug-likeness (QED) is 0.580. The third kappa shape index (κ3) is 1.17. The van der Waals surface area contributed by atoms with Gasteiger partial charge >= 0.3 is 0 Å². The fourth-order valence-electron chi connectivity index (χ4n) is 2.78. The zero-order valence-electron chi connectivity index (χ0n) is 7.54. The van der Waals surface area contributed by atoms with E-state index >= 15 is 0 Å². The van der Waals surface area contributed by atoms with Gasteiger partial charge in [0.1, 0.15) is 0 Å². The van der Waals surface area contributed by atoms with E-state index in [1.54, 1.807) is 0 Å². The maximum absolute atomic E-state index is 5.37. The fraction of sp³-hybridized carbons (Fsp3) is 1.00. The van der Waals surface area contributed by atoms with E-state index < -0.39 is 0 Å². The Morgan fingerprint density at radius 3 is 2.33 bits per heavy atom. The van der Waals surface area contributed by atoms with Gasteiger partial charge in [-0.3, -0.25) is 4.90 Å². The average molecular weight is 167 g/mol. The Morgan fingerprint density at radius 2 is 1.67 bits per heavy atom. The summed E-state index contributed by atoms with van der Waals surface area (Å²) in [5.74, 6) is 2.18. The van der Waals surface area contributed by atoms with Gasteiger partial charge in [-0.2, -0.15) is 0 Å². The van der Waals surface area contributed by atoms with Crippen LogP contribution in [0.5, 0.6) is 0 Å². The Hall–Kier alpha value is -0.0800. The van der Waals surface area contributed by atoms with E-state index in [0.717, 1.165) is 31.1 Å². The van der Waals surface area contributed by atoms with Gasteiger partial charge in [0.05, 0.1) is 0 Å². The first-order valence-corrected chi connectivity index (χ1v) is 5.25. The van der Waals surface area contributed by atoms with Crippen molar-refractivity contribution in [3.05, 3.63) is 0 Å². The Kier molecular flexibility index (Phi) is 1.66. The summed E-state index contributed by atoms with van der Waals surface area (Å²) in [4.78, 5) is 2.71. The van der Waals surface area contributed by atoms with Crippen LogP contribution in [0, 0.1) is 11.8 Å². The number of piperidine rings is 1. The summed E-state index contributed by atoms with van der Waals surface area (Å²) in [6.07, 6.45) is 4.08. The van der Waals surface area contributed by atoms with Crippen LogP contribution in [0.2, 0.25) is 0 Å². The molecule has 68 valence electrons. The first kappa shape index (κ1) is 7.34. The van der Waals surface area contributed by atoms with Gasteiger partial charge in [-0.1, -0.05) is 0 Å². The highest BCUT2D eigenvalue weighted by Gasteiger charge is 2.46. The van der Waals surface area contributed by atoms with E-state index in [0.29, 0.717) is 0 Å². The van der Waals surface area contributed by atoms with Crippen LogP contribution in [-0.4, -0.2) is 37.2 Å². The zero-order valence-corrected chi connectivity index (χ0v) is 7.54. The number of rotatable bonds is 1. The second-order valence-corrected chi connectivity index (χ2v) is 4.55. The molecule has 1 aliphatic carbocycles. The summed E-state index contributed by atoms with van der Waals surface area (Å²) >= 11 is 0. The van der Waals surface area contributed by atoms with Gasteiger partial charge in [0.15, 0.2) is 0 Å². The minimum absolute atomic E-state index is 0.867. The molecule has 2 unspecified atom stereocenters. The summed E-state index contributed by atoms with van der Waals surface area (Å²) < 4.78 is 5.37. The third-order valence-electron chi connectivity index (χ3n) is 3.71. The standard InChI is InChI=1S/C10H17NO/c1-3-12-4-2-10(1)11-6-8-5-9(8)7-11/h8-10H,1-7H2. The highest BCUT2D eigenvalue weighted by Crippen LogP contribution is 2.46. The van der Waals surface area contributed by atoms with Crippen molar-refractivity contribution in [1.82, 2.24) is 4.90 Å². The number of hydrogen-bond donors (Lipinski definition) is 0. The Bertz CT molecular complexity index is 167. The van der Waals surface area contributed by atoms with Crippen LogP contribution in [0.25, 0.3) is 0 Å². The maximum Gasteiger partial charge on any atom is 0.0480 e. The van der Waals surface area contributed by atoms with Crippen LogP contribution in [0.4, 0.5) is 0 Å². The van der Waals surface area contributed by atoms with Crippen LogP contribution in [-0.2, 0) is 4.74 Å². The molecule has 2 nitrogen and oxygen atoms in total. The van der Waals surface area contributed by atoms with E-state index in [1.165, 1.54) is 32.4 Å². The summed E-state index contributed by atoms with van der Waals surface area (Å²) in [6.45, 7) is 4.79. The number of hydrogen-bond acceptors (Lipinski definition) is 2. The third-order valence-corrected chi connectivity index (χ3v) is 3.71. The van der Waals surface area contributed by atoms with Crippen molar-refractivity contribution < 1.29 is 4.74 Å². The Morgan fingerprint density at radius 1 is 1.00 bits per heavy atom. The summed E-state index contributed by atoms with van der Waals surface area (Å²) in [5, 5.41) is 0. The lowest BCUT2D eigenvalue weighted by Gasteiger charge is -2.31. The molecule has 0 aromatic rings. The normalized spacial score (nSPS) is 43.0. The zero-order chi connectivity index (χ0) is 7.97. The van der Waals surface area contributed by atoms with Crippen LogP contribution in [0.1, 0.15) is 19.3 Å². The molecule has 12 heavy (non-hydrogen) atoms. The summed E-state index contributed by atoms with van der Waals surface area (Å²) in [5.41, 5.74) is 0. The van der Waals surface area contributed by atoms with Crippen molar-refractivity contribution in [2.45, 2.75) is 25.3 Å². The molecule has 1 saturated carbocycles. The van der Waals surface area contributed by atoms with E-state index in [4.69, 9.17) is 4.74 Å². The van der Waals surface area contributed by atoms with Crippen molar-refractivity contribution in [3.63, 3.8) is 0 Å². The molecule has 2 saturated heterocycles. The van der Waals surface area contributed by atoms with Crippen LogP contribution >= 0.6 is 0 Å². The fourth-order valence-corrected chi connectivity index (χ4v) is 2.78. The number of likely N-dealkylation sites (tertiary alicyclic amines) is 1. The van der Waals surface area contributed by atoms with Gasteiger partial charge in [-0.05, 0) is 31.1 Å². The second-order valence-electron chi connectivity index (χ2n) is 4.55. The molecule has 3 rings (SSSR count). The van der Waals surface area contributed by atoms with Crippen LogP contribution < -0.4 is 0 Å². The molecule has 0 aromatic heterocycles. The van der Waals surface area contributed by atoms with Crippen molar-refractivity contribution >= 4 is 0 Å². The lowest BCUT2D eigenvalue weighted by atomic mass is 10.1. The van der Waals surface area contributed by atoms with Gasteiger partial charge in [-0.15, -0.1) is 0 Å². The van der Waals surface area contributed by atoms with Gasteiger partial charge < -0.3 is 4.74 Å². The lowest BCUT2D eigenvalue weighted by molar-refractivity contribution is 0.0385. The van der Waals surface area contributed by atoms with E-state index in [-0.39, 0.29) is 0 Å². The molecular weight excluding hydrogens is 150 g/mol. The SMILES string of the molecule is C1CC(N2CC3CC3C2)CCO1. The maximum atomic E-state index is 5.37. The first-order valence-electron chi connectivity index (χ1n) is 5.25. The van der Waals surface area contributed by atoms with Crippen LogP contribution in [0.15, 0.2) is 0 Å². The topological polar surface area (TPSA) is 12.5 Å². The predicted molar refractivity (Wildman–Crippen MR) is 47.0 cm³/mol. The lowest BCUT2D eigenvalue weighted by Crippen LogP contribution is -2.38. The van der Waals surface area contributed by atoms with Crippen molar-refractivity contribution in [1.29, 1.82) is 0 Å². The molecule has 2 aliphatic heterocycles. The molecule has 2 atom stereocenters. The number of nitrogens with zero attached hydrogens (tertiary/aromatic N) is 1. The van der Waals surface area contributed by atoms with E-state index in [9.17, 15) is 0 Å². The molecule has 3 fully saturated rings. The second kappa shape index (κ2) is 2.71. The molecular formula is C10H17NO. The van der Waals surface area contributed by atoms with Crippen LogP contribution in [0.3, 0.4) is 0 Å². The predicted octanol–water partition coefficient (Wildman–Crippen LogP) is 1.12. The summed E-state index contributed by atoms with van der Waals surface area (Å²) in [6, 6.07) is 0.867. The minimum Gasteiger partial charge on any atom is -0.381 e. The Balaban J connectivity index is 1.58. The first-order chi connectivity index (χ1) is 5.93. The highest BCUT2D eigenvalue weighted by atomic mass is 16.5. The largest absolute Gasteiger partial charge is 0.381 e. The van der Waals surface area contributed by atoms with Gasteiger partial charge in [-0.25, -0.2) is 0 Å². The average Bonchev–Trinajstić information content (AvgIpc) is 2.75. The molecule has 0 amide bonds. The van der Waals surface area contributed by atoms with Crippen molar-refractivity contribution in [2.24, 2.45) is 11.8 Å². The monoisotopic (exact) mass is 167 g/mol. The molecule has 0 N–H and O–H groups in total.